The molecule has 22 heavy (non-hydrogen) atoms. The van der Waals surface area contributed by atoms with Crippen molar-refractivity contribution in [1.29, 1.82) is 0 Å². The summed E-state index contributed by atoms with van der Waals surface area (Å²) in [4.78, 5) is 14.7. The van der Waals surface area contributed by atoms with Gasteiger partial charge in [-0.3, -0.25) is 4.79 Å². The maximum absolute atomic E-state index is 12.9. The normalized spacial score (nSPS) is 21.5. The van der Waals surface area contributed by atoms with E-state index in [1.165, 1.54) is 0 Å². The van der Waals surface area contributed by atoms with Gasteiger partial charge in [0.1, 0.15) is 9.84 Å². The van der Waals surface area contributed by atoms with Crippen LogP contribution < -0.4 is 4.90 Å². The fourth-order valence-electron chi connectivity index (χ4n) is 3.45. The first-order valence-corrected chi connectivity index (χ1v) is 9.89. The van der Waals surface area contributed by atoms with Gasteiger partial charge in [-0.05, 0) is 49.8 Å². The molecule has 0 unspecified atom stereocenters. The summed E-state index contributed by atoms with van der Waals surface area (Å²) in [7, 11) is -2.95. The van der Waals surface area contributed by atoms with Crippen LogP contribution in [0.5, 0.6) is 0 Å². The van der Waals surface area contributed by atoms with Crippen LogP contribution >= 0.6 is 11.6 Å². The van der Waals surface area contributed by atoms with Gasteiger partial charge < -0.3 is 4.90 Å². The van der Waals surface area contributed by atoms with E-state index < -0.39 is 9.84 Å². The second kappa shape index (κ2) is 5.85. The van der Waals surface area contributed by atoms with Crippen molar-refractivity contribution in [2.24, 2.45) is 5.92 Å². The van der Waals surface area contributed by atoms with Gasteiger partial charge in [0.05, 0.1) is 17.2 Å². The molecule has 2 heterocycles. The molecule has 0 radical (unpaired) electrons. The average Bonchev–Trinajstić information content (AvgIpc) is 2.50. The molecule has 0 aliphatic carbocycles. The zero-order valence-electron chi connectivity index (χ0n) is 12.6. The largest absolute Gasteiger partial charge is 0.312 e. The first-order valence-electron chi connectivity index (χ1n) is 7.69. The summed E-state index contributed by atoms with van der Waals surface area (Å²) < 4.78 is 23.1. The minimum Gasteiger partial charge on any atom is -0.312 e. The van der Waals surface area contributed by atoms with Crippen molar-refractivity contribution in [3.8, 4) is 0 Å². The van der Waals surface area contributed by atoms with Crippen molar-refractivity contribution in [2.75, 3.05) is 23.0 Å². The second-order valence-electron chi connectivity index (χ2n) is 6.21. The highest BCUT2D eigenvalue weighted by atomic mass is 35.5. The van der Waals surface area contributed by atoms with Crippen LogP contribution in [-0.4, -0.2) is 32.4 Å². The minimum absolute atomic E-state index is 0.0567. The molecule has 2 aliphatic rings. The number of hydrogen-bond donors (Lipinski definition) is 0. The fourth-order valence-corrected chi connectivity index (χ4v) is 5.18. The lowest BCUT2D eigenvalue weighted by molar-refractivity contribution is -0.122. The Labute approximate surface area is 136 Å². The number of aryl methyl sites for hydroxylation is 1. The Bertz CT molecular complexity index is 700. The van der Waals surface area contributed by atoms with E-state index in [0.29, 0.717) is 24.4 Å². The molecule has 0 aromatic heterocycles. The lowest BCUT2D eigenvalue weighted by Gasteiger charge is -2.35. The van der Waals surface area contributed by atoms with Gasteiger partial charge in [0.2, 0.25) is 5.91 Å². The lowest BCUT2D eigenvalue weighted by atomic mass is 9.94. The number of hydrogen-bond acceptors (Lipinski definition) is 3. The molecule has 1 fully saturated rings. The predicted octanol–water partition coefficient (Wildman–Crippen LogP) is 2.75. The number of fused-ring (bicyclic) bond motifs is 1. The third-order valence-electron chi connectivity index (χ3n) is 4.68. The molecule has 0 bridgehead atoms. The molecule has 6 heteroatoms. The zero-order chi connectivity index (χ0) is 15.9. The first kappa shape index (κ1) is 15.8. The maximum Gasteiger partial charge on any atom is 0.230 e. The standard InChI is InChI=1S/C16H20ClNO3S/c1-11-4-5-14(17)13-3-2-8-18(15(11)13)16(19)12-6-9-22(20,21)10-7-12/h4-5,12H,2-3,6-10H2,1H3. The monoisotopic (exact) mass is 341 g/mol. The molecule has 1 aromatic carbocycles. The number of amides is 1. The van der Waals surface area contributed by atoms with Crippen LogP contribution in [0.15, 0.2) is 12.1 Å². The van der Waals surface area contributed by atoms with Crippen LogP contribution in [0.3, 0.4) is 0 Å². The molecule has 4 nitrogen and oxygen atoms in total. The van der Waals surface area contributed by atoms with Gasteiger partial charge in [0.25, 0.3) is 0 Å². The van der Waals surface area contributed by atoms with Crippen LogP contribution in [0.4, 0.5) is 5.69 Å². The van der Waals surface area contributed by atoms with E-state index in [1.54, 1.807) is 0 Å². The summed E-state index contributed by atoms with van der Waals surface area (Å²) in [5.74, 6) is 0.117. The Kier molecular flexibility index (Phi) is 4.21. The van der Waals surface area contributed by atoms with Crippen LogP contribution in [0.25, 0.3) is 0 Å². The molecule has 1 saturated heterocycles. The third kappa shape index (κ3) is 2.88. The van der Waals surface area contributed by atoms with E-state index in [4.69, 9.17) is 11.6 Å². The first-order chi connectivity index (χ1) is 10.4. The number of rotatable bonds is 1. The molecular formula is C16H20ClNO3S. The Morgan fingerprint density at radius 3 is 2.64 bits per heavy atom. The van der Waals surface area contributed by atoms with Crippen molar-refractivity contribution in [3.05, 3.63) is 28.3 Å². The summed E-state index contributed by atoms with van der Waals surface area (Å²) >= 11 is 6.29. The predicted molar refractivity (Wildman–Crippen MR) is 88.2 cm³/mol. The SMILES string of the molecule is Cc1ccc(Cl)c2c1N(C(=O)C1CCS(=O)(=O)CC1)CCC2. The van der Waals surface area contributed by atoms with Crippen molar-refractivity contribution in [1.82, 2.24) is 0 Å². The van der Waals surface area contributed by atoms with Crippen LogP contribution in [-0.2, 0) is 21.1 Å². The van der Waals surface area contributed by atoms with Crippen molar-refractivity contribution in [2.45, 2.75) is 32.6 Å². The summed E-state index contributed by atoms with van der Waals surface area (Å²) in [6, 6.07) is 3.83. The van der Waals surface area contributed by atoms with Crippen molar-refractivity contribution < 1.29 is 13.2 Å². The van der Waals surface area contributed by atoms with E-state index in [-0.39, 0.29) is 23.3 Å². The van der Waals surface area contributed by atoms with Crippen molar-refractivity contribution in [3.63, 3.8) is 0 Å². The number of benzene rings is 1. The summed E-state index contributed by atoms with van der Waals surface area (Å²) in [6.45, 7) is 2.68. The van der Waals surface area contributed by atoms with E-state index in [2.05, 4.69) is 0 Å². The van der Waals surface area contributed by atoms with Gasteiger partial charge in [0, 0.05) is 17.5 Å². The van der Waals surface area contributed by atoms with Gasteiger partial charge in [-0.1, -0.05) is 17.7 Å². The molecule has 0 saturated carbocycles. The molecular weight excluding hydrogens is 322 g/mol. The number of carbonyl (C=O) groups excluding carboxylic acids is 1. The van der Waals surface area contributed by atoms with E-state index in [0.717, 1.165) is 29.7 Å². The highest BCUT2D eigenvalue weighted by molar-refractivity contribution is 7.91. The topological polar surface area (TPSA) is 54.5 Å². The minimum atomic E-state index is -2.95. The molecule has 3 rings (SSSR count). The van der Waals surface area contributed by atoms with Gasteiger partial charge in [-0.2, -0.15) is 0 Å². The van der Waals surface area contributed by atoms with Gasteiger partial charge in [0.15, 0.2) is 0 Å². The molecule has 0 N–H and O–H groups in total. The molecule has 1 amide bonds. The number of sulfone groups is 1. The van der Waals surface area contributed by atoms with Gasteiger partial charge >= 0.3 is 0 Å². The molecule has 1 aromatic rings. The van der Waals surface area contributed by atoms with Gasteiger partial charge in [-0.25, -0.2) is 8.42 Å². The molecule has 2 aliphatic heterocycles. The number of halogens is 1. The average molecular weight is 342 g/mol. The van der Waals surface area contributed by atoms with Crippen molar-refractivity contribution >= 4 is 33.0 Å². The number of carbonyl (C=O) groups is 1. The molecule has 120 valence electrons. The maximum atomic E-state index is 12.9. The smallest absolute Gasteiger partial charge is 0.230 e. The highest BCUT2D eigenvalue weighted by Crippen LogP contribution is 2.37. The Hall–Kier alpha value is -1.07. The van der Waals surface area contributed by atoms with Crippen LogP contribution in [0.2, 0.25) is 5.02 Å². The Morgan fingerprint density at radius 1 is 1.27 bits per heavy atom. The number of anilines is 1. The quantitative estimate of drug-likeness (QED) is 0.789. The van der Waals surface area contributed by atoms with E-state index in [1.807, 2.05) is 24.0 Å². The Balaban J connectivity index is 1.88. The van der Waals surface area contributed by atoms with E-state index >= 15 is 0 Å². The molecule has 0 atom stereocenters. The van der Waals surface area contributed by atoms with E-state index in [9.17, 15) is 13.2 Å². The van der Waals surface area contributed by atoms with Crippen LogP contribution in [0.1, 0.15) is 30.4 Å². The summed E-state index contributed by atoms with van der Waals surface area (Å²) in [5.41, 5.74) is 3.04. The summed E-state index contributed by atoms with van der Waals surface area (Å²) in [5, 5.41) is 0.712. The third-order valence-corrected chi connectivity index (χ3v) is 6.75. The highest BCUT2D eigenvalue weighted by Gasteiger charge is 2.34. The fraction of sp³-hybridized carbons (Fsp3) is 0.562. The summed E-state index contributed by atoms with van der Waals surface area (Å²) in [6.07, 6.45) is 2.66. The zero-order valence-corrected chi connectivity index (χ0v) is 14.2. The Morgan fingerprint density at radius 2 is 1.95 bits per heavy atom. The second-order valence-corrected chi connectivity index (χ2v) is 8.92. The van der Waals surface area contributed by atoms with Gasteiger partial charge in [-0.15, -0.1) is 0 Å². The molecule has 0 spiro atoms. The van der Waals surface area contributed by atoms with Crippen LogP contribution in [0, 0.1) is 12.8 Å². The lowest BCUT2D eigenvalue weighted by Crippen LogP contribution is -2.42. The number of nitrogens with zero attached hydrogens (tertiary/aromatic N) is 1.